The number of hydrogen-bond donors (Lipinski definition) is 2. The summed E-state index contributed by atoms with van der Waals surface area (Å²) in [5.74, 6) is 0.0543. The second kappa shape index (κ2) is 8.68. The summed E-state index contributed by atoms with van der Waals surface area (Å²) >= 11 is 0. The van der Waals surface area contributed by atoms with Gasteiger partial charge in [0.1, 0.15) is 17.0 Å². The van der Waals surface area contributed by atoms with Crippen molar-refractivity contribution in [1.29, 1.82) is 0 Å². The summed E-state index contributed by atoms with van der Waals surface area (Å²) in [5, 5.41) is 7.69. The van der Waals surface area contributed by atoms with Gasteiger partial charge < -0.3 is 9.73 Å². The molecule has 4 aromatic heterocycles. The molecule has 9 nitrogen and oxygen atoms in total. The molecule has 0 spiro atoms. The lowest BCUT2D eigenvalue weighted by Gasteiger charge is -2.19. The molecule has 0 saturated carbocycles. The van der Waals surface area contributed by atoms with Crippen molar-refractivity contribution in [3.8, 4) is 22.8 Å². The largest absolute Gasteiger partial charge is 0.455 e. The van der Waals surface area contributed by atoms with Crippen LogP contribution in [0.1, 0.15) is 35.2 Å². The molecule has 5 aromatic rings. The molecule has 0 amide bonds. The average molecular weight is 470 g/mol. The fourth-order valence-corrected chi connectivity index (χ4v) is 4.20. The van der Waals surface area contributed by atoms with Crippen LogP contribution in [0.2, 0.25) is 0 Å². The Morgan fingerprint density at radius 1 is 1.06 bits per heavy atom. The summed E-state index contributed by atoms with van der Waals surface area (Å²) in [6, 6.07) is 9.10. The number of H-pyrrole nitrogens is 1. The van der Waals surface area contributed by atoms with Crippen molar-refractivity contribution in [3.05, 3.63) is 92.0 Å². The standard InChI is InChI=1S/C26H23N5O4/c1-13-9-18(16(4)29-20-6-5-7-28-21(20)25-30-26(33)35-31-25)24-19(10-13)22(32)15(3)23(34-24)17-8-14(2)11-27-12-17/h5-12,16,29H,1-4H3,(H,30,31,33). The van der Waals surface area contributed by atoms with Crippen LogP contribution in [0.5, 0.6) is 0 Å². The van der Waals surface area contributed by atoms with Crippen molar-refractivity contribution < 1.29 is 8.94 Å². The maximum atomic E-state index is 13.4. The van der Waals surface area contributed by atoms with E-state index in [1.165, 1.54) is 0 Å². The maximum absolute atomic E-state index is 13.4. The molecule has 9 heteroatoms. The number of nitrogens with zero attached hydrogens (tertiary/aromatic N) is 3. The fraction of sp³-hybridized carbons (Fsp3) is 0.192. The van der Waals surface area contributed by atoms with E-state index in [9.17, 15) is 9.59 Å². The lowest BCUT2D eigenvalue weighted by Crippen LogP contribution is -2.13. The van der Waals surface area contributed by atoms with Crippen molar-refractivity contribution in [2.24, 2.45) is 0 Å². The van der Waals surface area contributed by atoms with Crippen LogP contribution in [0, 0.1) is 20.8 Å². The van der Waals surface area contributed by atoms with Gasteiger partial charge in [0, 0.05) is 35.3 Å². The lowest BCUT2D eigenvalue weighted by atomic mass is 9.99. The minimum absolute atomic E-state index is 0.0813. The molecule has 2 N–H and O–H groups in total. The number of fused-ring (bicyclic) bond motifs is 1. The predicted octanol–water partition coefficient (Wildman–Crippen LogP) is 4.69. The molecular weight excluding hydrogens is 446 g/mol. The highest BCUT2D eigenvalue weighted by Gasteiger charge is 2.20. The summed E-state index contributed by atoms with van der Waals surface area (Å²) in [4.78, 5) is 36.0. The molecular formula is C26H23N5O4. The molecule has 0 aliphatic rings. The van der Waals surface area contributed by atoms with Crippen molar-refractivity contribution in [3.63, 3.8) is 0 Å². The van der Waals surface area contributed by atoms with E-state index in [0.29, 0.717) is 33.7 Å². The van der Waals surface area contributed by atoms with Crippen LogP contribution >= 0.6 is 0 Å². The van der Waals surface area contributed by atoms with E-state index in [4.69, 9.17) is 4.42 Å². The minimum atomic E-state index is -0.662. The number of benzene rings is 1. The van der Waals surface area contributed by atoms with Gasteiger partial charge in [-0.1, -0.05) is 11.2 Å². The summed E-state index contributed by atoms with van der Waals surface area (Å²) < 4.78 is 11.0. The molecule has 0 bridgehead atoms. The van der Waals surface area contributed by atoms with Gasteiger partial charge in [-0.05, 0) is 63.1 Å². The van der Waals surface area contributed by atoms with Crippen LogP contribution in [0.4, 0.5) is 5.69 Å². The Morgan fingerprint density at radius 3 is 2.63 bits per heavy atom. The summed E-state index contributed by atoms with van der Waals surface area (Å²) in [6.45, 7) is 7.62. The first-order valence-electron chi connectivity index (χ1n) is 11.1. The highest BCUT2D eigenvalue weighted by atomic mass is 16.5. The number of rotatable bonds is 5. The highest BCUT2D eigenvalue weighted by Crippen LogP contribution is 2.33. The Bertz CT molecular complexity index is 1680. The molecule has 176 valence electrons. The second-order valence-electron chi connectivity index (χ2n) is 8.58. The van der Waals surface area contributed by atoms with E-state index in [0.717, 1.165) is 22.3 Å². The summed E-state index contributed by atoms with van der Waals surface area (Å²) in [5.41, 5.74) is 5.49. The molecule has 1 atom stereocenters. The number of hydrogen-bond acceptors (Lipinski definition) is 8. The normalized spacial score (nSPS) is 12.1. The van der Waals surface area contributed by atoms with Crippen molar-refractivity contribution in [2.75, 3.05) is 5.32 Å². The molecule has 1 aromatic carbocycles. The van der Waals surface area contributed by atoms with Crippen LogP contribution in [-0.4, -0.2) is 20.1 Å². The zero-order chi connectivity index (χ0) is 24.7. The van der Waals surface area contributed by atoms with E-state index in [1.807, 2.05) is 45.0 Å². The van der Waals surface area contributed by atoms with Gasteiger partial charge in [0.15, 0.2) is 5.43 Å². The molecule has 35 heavy (non-hydrogen) atoms. The zero-order valence-electron chi connectivity index (χ0n) is 19.7. The zero-order valence-corrected chi connectivity index (χ0v) is 19.7. The third kappa shape index (κ3) is 4.12. The number of anilines is 1. The molecule has 0 aliphatic heterocycles. The topological polar surface area (TPSA) is 127 Å². The van der Waals surface area contributed by atoms with Crippen LogP contribution in [0.25, 0.3) is 33.8 Å². The highest BCUT2D eigenvalue weighted by molar-refractivity contribution is 5.85. The third-order valence-electron chi connectivity index (χ3n) is 5.84. The first-order valence-corrected chi connectivity index (χ1v) is 11.1. The SMILES string of the molecule is Cc1cncc(-c2oc3c(C(C)Nc4cccnc4-c4noc(=O)[nH]4)cc(C)cc3c(=O)c2C)c1. The molecule has 4 heterocycles. The Morgan fingerprint density at radius 2 is 1.89 bits per heavy atom. The van der Waals surface area contributed by atoms with Gasteiger partial charge in [0.25, 0.3) is 0 Å². The summed E-state index contributed by atoms with van der Waals surface area (Å²) in [6.07, 6.45) is 5.05. The van der Waals surface area contributed by atoms with Gasteiger partial charge >= 0.3 is 5.76 Å². The number of aryl methyl sites for hydroxylation is 2. The molecule has 0 radical (unpaired) electrons. The Kier molecular flexibility index (Phi) is 5.52. The predicted molar refractivity (Wildman–Crippen MR) is 132 cm³/mol. The number of nitrogens with one attached hydrogen (secondary N) is 2. The van der Waals surface area contributed by atoms with E-state index in [2.05, 4.69) is 29.9 Å². The maximum Gasteiger partial charge on any atom is 0.439 e. The van der Waals surface area contributed by atoms with Crippen LogP contribution < -0.4 is 16.5 Å². The third-order valence-corrected chi connectivity index (χ3v) is 5.84. The van der Waals surface area contributed by atoms with Crippen LogP contribution in [0.3, 0.4) is 0 Å². The first kappa shape index (κ1) is 22.3. The fourth-order valence-electron chi connectivity index (χ4n) is 4.20. The number of pyridine rings is 2. The number of aromatic amines is 1. The molecule has 0 fully saturated rings. The lowest BCUT2D eigenvalue weighted by molar-refractivity contribution is 0.388. The smallest absolute Gasteiger partial charge is 0.439 e. The van der Waals surface area contributed by atoms with E-state index in [-0.39, 0.29) is 17.3 Å². The van der Waals surface area contributed by atoms with Gasteiger partial charge in [-0.3, -0.25) is 24.3 Å². The molecule has 5 rings (SSSR count). The average Bonchev–Trinajstić information content (AvgIpc) is 3.27. The van der Waals surface area contributed by atoms with Gasteiger partial charge in [-0.2, -0.15) is 0 Å². The van der Waals surface area contributed by atoms with Gasteiger partial charge in [-0.15, -0.1) is 0 Å². The van der Waals surface area contributed by atoms with Gasteiger partial charge in [-0.25, -0.2) is 4.79 Å². The molecule has 1 unspecified atom stereocenters. The summed E-state index contributed by atoms with van der Waals surface area (Å²) in [7, 11) is 0. The van der Waals surface area contributed by atoms with Gasteiger partial charge in [0.05, 0.1) is 17.1 Å². The van der Waals surface area contributed by atoms with E-state index >= 15 is 0 Å². The van der Waals surface area contributed by atoms with Crippen molar-refractivity contribution in [2.45, 2.75) is 33.7 Å². The number of aromatic nitrogens is 4. The Labute approximate surface area is 199 Å². The van der Waals surface area contributed by atoms with E-state index in [1.54, 1.807) is 31.6 Å². The molecule has 0 saturated heterocycles. The monoisotopic (exact) mass is 469 g/mol. The van der Waals surface area contributed by atoms with E-state index < -0.39 is 5.76 Å². The van der Waals surface area contributed by atoms with Crippen molar-refractivity contribution >= 4 is 16.7 Å². The Hall–Kier alpha value is -4.53. The quantitative estimate of drug-likeness (QED) is 0.379. The first-order chi connectivity index (χ1) is 16.8. The Balaban J connectivity index is 1.64. The van der Waals surface area contributed by atoms with Gasteiger partial charge in [0.2, 0.25) is 5.82 Å². The van der Waals surface area contributed by atoms with Crippen LogP contribution in [-0.2, 0) is 0 Å². The van der Waals surface area contributed by atoms with Crippen molar-refractivity contribution in [1.82, 2.24) is 20.1 Å². The van der Waals surface area contributed by atoms with Crippen LogP contribution in [0.15, 0.2) is 67.5 Å². The second-order valence-corrected chi connectivity index (χ2v) is 8.58. The molecule has 0 aliphatic carbocycles. The minimum Gasteiger partial charge on any atom is -0.455 e.